The first-order valence-corrected chi connectivity index (χ1v) is 7.83. The van der Waals surface area contributed by atoms with Crippen molar-refractivity contribution in [1.29, 1.82) is 5.26 Å². The zero-order valence-electron chi connectivity index (χ0n) is 12.7. The molecule has 2 aliphatic rings. The molecule has 1 aromatic carbocycles. The lowest BCUT2D eigenvalue weighted by molar-refractivity contribution is 0.0457. The molecule has 2 saturated heterocycles. The number of hydrogen-bond acceptors (Lipinski definition) is 4. The van der Waals surface area contributed by atoms with Gasteiger partial charge >= 0.3 is 0 Å². The molecule has 4 nitrogen and oxygen atoms in total. The fourth-order valence-corrected chi connectivity index (χ4v) is 3.56. The van der Waals surface area contributed by atoms with Gasteiger partial charge in [0.25, 0.3) is 0 Å². The van der Waals surface area contributed by atoms with E-state index in [1.165, 1.54) is 37.9 Å². The molecule has 1 unspecified atom stereocenters. The Labute approximate surface area is 126 Å². The Morgan fingerprint density at radius 3 is 3.00 bits per heavy atom. The average Bonchev–Trinajstić information content (AvgIpc) is 2.54. The molecule has 2 heterocycles. The Morgan fingerprint density at radius 2 is 2.19 bits per heavy atom. The minimum absolute atomic E-state index is 0.631. The van der Waals surface area contributed by atoms with E-state index in [0.717, 1.165) is 25.7 Å². The lowest BCUT2D eigenvalue weighted by Gasteiger charge is -2.44. The highest BCUT2D eigenvalue weighted by Crippen LogP contribution is 2.24. The normalized spacial score (nSPS) is 23.3. The van der Waals surface area contributed by atoms with Crippen molar-refractivity contribution in [2.45, 2.75) is 31.8 Å². The van der Waals surface area contributed by atoms with E-state index in [9.17, 15) is 5.26 Å². The molecule has 0 amide bonds. The van der Waals surface area contributed by atoms with Gasteiger partial charge < -0.3 is 4.74 Å². The van der Waals surface area contributed by atoms with Crippen LogP contribution >= 0.6 is 0 Å². The zero-order valence-corrected chi connectivity index (χ0v) is 12.7. The fourth-order valence-electron chi connectivity index (χ4n) is 3.56. The SMILES string of the molecule is COc1ccc(CN2CCN3CCCCC3C2)cc1C#N. The molecule has 0 radical (unpaired) electrons. The van der Waals surface area contributed by atoms with Gasteiger partial charge in [-0.2, -0.15) is 5.26 Å². The Balaban J connectivity index is 1.65. The number of benzene rings is 1. The minimum Gasteiger partial charge on any atom is -0.495 e. The Kier molecular flexibility index (Phi) is 4.42. The number of nitriles is 1. The van der Waals surface area contributed by atoms with Crippen LogP contribution in [0.25, 0.3) is 0 Å². The maximum absolute atomic E-state index is 9.18. The highest BCUT2D eigenvalue weighted by molar-refractivity contribution is 5.45. The van der Waals surface area contributed by atoms with Crippen LogP contribution in [-0.4, -0.2) is 49.1 Å². The Morgan fingerprint density at radius 1 is 1.29 bits per heavy atom. The predicted octanol–water partition coefficient (Wildman–Crippen LogP) is 2.24. The smallest absolute Gasteiger partial charge is 0.136 e. The van der Waals surface area contributed by atoms with Crippen LogP contribution < -0.4 is 4.74 Å². The number of nitrogens with zero attached hydrogens (tertiary/aromatic N) is 3. The quantitative estimate of drug-likeness (QED) is 0.854. The summed E-state index contributed by atoms with van der Waals surface area (Å²) >= 11 is 0. The fraction of sp³-hybridized carbons (Fsp3) is 0.588. The molecule has 0 N–H and O–H groups in total. The third-order valence-electron chi connectivity index (χ3n) is 4.71. The molecule has 0 bridgehead atoms. The van der Waals surface area contributed by atoms with Crippen LogP contribution in [-0.2, 0) is 6.54 Å². The number of ether oxygens (including phenoxy) is 1. The summed E-state index contributed by atoms with van der Waals surface area (Å²) in [7, 11) is 1.61. The number of methoxy groups -OCH3 is 1. The van der Waals surface area contributed by atoms with Gasteiger partial charge in [0.2, 0.25) is 0 Å². The second-order valence-corrected chi connectivity index (χ2v) is 6.07. The van der Waals surface area contributed by atoms with Crippen LogP contribution in [0.5, 0.6) is 5.75 Å². The van der Waals surface area contributed by atoms with Gasteiger partial charge in [-0.15, -0.1) is 0 Å². The lowest BCUT2D eigenvalue weighted by atomic mass is 9.99. The van der Waals surface area contributed by atoms with E-state index in [0.29, 0.717) is 11.3 Å². The molecule has 0 saturated carbocycles. The maximum Gasteiger partial charge on any atom is 0.136 e. The third-order valence-corrected chi connectivity index (χ3v) is 4.71. The summed E-state index contributed by atoms with van der Waals surface area (Å²) in [5, 5.41) is 9.18. The first-order chi connectivity index (χ1) is 10.3. The second-order valence-electron chi connectivity index (χ2n) is 6.07. The largest absolute Gasteiger partial charge is 0.495 e. The van der Waals surface area contributed by atoms with E-state index < -0.39 is 0 Å². The second kappa shape index (κ2) is 6.46. The average molecular weight is 285 g/mol. The van der Waals surface area contributed by atoms with Gasteiger partial charge in [0.1, 0.15) is 11.8 Å². The van der Waals surface area contributed by atoms with Gasteiger partial charge in [-0.25, -0.2) is 0 Å². The third kappa shape index (κ3) is 3.20. The standard InChI is InChI=1S/C17H23N3O/c1-21-17-6-5-14(10-15(17)11-18)12-19-8-9-20-7-3-2-4-16(20)13-19/h5-6,10,16H,2-4,7-9,12-13H2,1H3. The van der Waals surface area contributed by atoms with E-state index in [4.69, 9.17) is 4.74 Å². The van der Waals surface area contributed by atoms with E-state index >= 15 is 0 Å². The number of fused-ring (bicyclic) bond motifs is 1. The Bertz CT molecular complexity index is 537. The summed E-state index contributed by atoms with van der Waals surface area (Å²) in [5.74, 6) is 0.665. The van der Waals surface area contributed by atoms with Crippen LogP contribution in [0.3, 0.4) is 0 Å². The molecule has 4 heteroatoms. The summed E-state index contributed by atoms with van der Waals surface area (Å²) in [4.78, 5) is 5.17. The molecule has 0 spiro atoms. The summed E-state index contributed by atoms with van der Waals surface area (Å²) in [6.07, 6.45) is 4.07. The van der Waals surface area contributed by atoms with Gasteiger partial charge in [0.05, 0.1) is 12.7 Å². The number of rotatable bonds is 3. The van der Waals surface area contributed by atoms with Crippen molar-refractivity contribution < 1.29 is 4.74 Å². The molecule has 2 fully saturated rings. The molecule has 21 heavy (non-hydrogen) atoms. The van der Waals surface area contributed by atoms with Gasteiger partial charge in [0, 0.05) is 32.2 Å². The Hall–Kier alpha value is -1.57. The van der Waals surface area contributed by atoms with Crippen molar-refractivity contribution in [2.75, 3.05) is 33.3 Å². The first kappa shape index (κ1) is 14.4. The maximum atomic E-state index is 9.18. The van der Waals surface area contributed by atoms with E-state index in [-0.39, 0.29) is 0 Å². The molecule has 112 valence electrons. The number of piperazine rings is 1. The first-order valence-electron chi connectivity index (χ1n) is 7.83. The minimum atomic E-state index is 0.631. The van der Waals surface area contributed by atoms with E-state index in [2.05, 4.69) is 21.9 Å². The van der Waals surface area contributed by atoms with Crippen LogP contribution in [0.4, 0.5) is 0 Å². The molecule has 0 aliphatic carbocycles. The van der Waals surface area contributed by atoms with Crippen molar-refractivity contribution >= 4 is 0 Å². The molecule has 0 aromatic heterocycles. The van der Waals surface area contributed by atoms with Crippen LogP contribution in [0, 0.1) is 11.3 Å². The monoisotopic (exact) mass is 285 g/mol. The van der Waals surface area contributed by atoms with Crippen LogP contribution in [0.2, 0.25) is 0 Å². The predicted molar refractivity (Wildman–Crippen MR) is 82.2 cm³/mol. The summed E-state index contributed by atoms with van der Waals surface area (Å²) < 4.78 is 5.21. The topological polar surface area (TPSA) is 39.5 Å². The van der Waals surface area contributed by atoms with Crippen molar-refractivity contribution in [3.63, 3.8) is 0 Å². The summed E-state index contributed by atoms with van der Waals surface area (Å²) in [5.41, 5.74) is 1.84. The van der Waals surface area contributed by atoms with Gasteiger partial charge in [-0.3, -0.25) is 9.80 Å². The lowest BCUT2D eigenvalue weighted by Crippen LogP contribution is -2.54. The van der Waals surface area contributed by atoms with Crippen molar-refractivity contribution in [3.05, 3.63) is 29.3 Å². The van der Waals surface area contributed by atoms with Gasteiger partial charge in [0.15, 0.2) is 0 Å². The van der Waals surface area contributed by atoms with Gasteiger partial charge in [-0.1, -0.05) is 12.5 Å². The van der Waals surface area contributed by atoms with Crippen LogP contribution in [0.15, 0.2) is 18.2 Å². The molecule has 3 rings (SSSR count). The zero-order chi connectivity index (χ0) is 14.7. The molecule has 1 aromatic rings. The highest BCUT2D eigenvalue weighted by atomic mass is 16.5. The van der Waals surface area contributed by atoms with Crippen molar-refractivity contribution in [2.24, 2.45) is 0 Å². The summed E-state index contributed by atoms with van der Waals surface area (Å²) in [6, 6.07) is 8.90. The van der Waals surface area contributed by atoms with Gasteiger partial charge in [-0.05, 0) is 37.1 Å². The molecular formula is C17H23N3O. The number of piperidine rings is 1. The molecule has 2 aliphatic heterocycles. The molecule has 1 atom stereocenters. The van der Waals surface area contributed by atoms with Crippen LogP contribution in [0.1, 0.15) is 30.4 Å². The number of hydrogen-bond donors (Lipinski definition) is 0. The molecular weight excluding hydrogens is 262 g/mol. The van der Waals surface area contributed by atoms with E-state index in [1.54, 1.807) is 7.11 Å². The summed E-state index contributed by atoms with van der Waals surface area (Å²) in [6.45, 7) is 5.69. The van der Waals surface area contributed by atoms with E-state index in [1.807, 2.05) is 12.1 Å². The van der Waals surface area contributed by atoms with Crippen molar-refractivity contribution in [3.8, 4) is 11.8 Å². The highest BCUT2D eigenvalue weighted by Gasteiger charge is 2.28. The van der Waals surface area contributed by atoms with Crippen molar-refractivity contribution in [1.82, 2.24) is 9.80 Å².